The van der Waals surface area contributed by atoms with Crippen LogP contribution in [-0.4, -0.2) is 52.6 Å². The molecule has 0 radical (unpaired) electrons. The molecule has 9 nitrogen and oxygen atoms in total. The summed E-state index contributed by atoms with van der Waals surface area (Å²) < 4.78 is 0. The second-order valence-corrected chi connectivity index (χ2v) is 10.2. The van der Waals surface area contributed by atoms with Crippen molar-refractivity contribution >= 4 is 17.8 Å². The molecule has 0 bridgehead atoms. The minimum absolute atomic E-state index is 0.231. The van der Waals surface area contributed by atoms with Gasteiger partial charge in [0.25, 0.3) is 0 Å². The molecule has 2 amide bonds. The highest BCUT2D eigenvalue weighted by Gasteiger charge is 2.41. The lowest BCUT2D eigenvalue weighted by molar-refractivity contribution is -0.143. The molecule has 0 aliphatic rings. The van der Waals surface area contributed by atoms with Gasteiger partial charge in [0.1, 0.15) is 6.04 Å². The summed E-state index contributed by atoms with van der Waals surface area (Å²) in [4.78, 5) is 36.1. The van der Waals surface area contributed by atoms with Crippen molar-refractivity contribution in [2.24, 2.45) is 28.0 Å². The molecule has 0 aliphatic carbocycles. The van der Waals surface area contributed by atoms with E-state index in [0.29, 0.717) is 0 Å². The van der Waals surface area contributed by atoms with Crippen LogP contribution in [0, 0.1) is 10.8 Å². The third kappa shape index (κ3) is 7.73. The Morgan fingerprint density at radius 1 is 0.929 bits per heavy atom. The van der Waals surface area contributed by atoms with Crippen LogP contribution in [0.3, 0.4) is 0 Å². The molecule has 1 atom stereocenters. The molecule has 28 heavy (non-hydrogen) atoms. The van der Waals surface area contributed by atoms with E-state index in [1.54, 1.807) is 55.4 Å². The first-order chi connectivity index (χ1) is 12.2. The summed E-state index contributed by atoms with van der Waals surface area (Å²) >= 11 is 0. The number of hydrogen-bond donors (Lipinski definition) is 6. The zero-order valence-corrected chi connectivity index (χ0v) is 18.5. The van der Waals surface area contributed by atoms with Gasteiger partial charge in [0, 0.05) is 16.5 Å². The molecule has 0 aromatic carbocycles. The molecule has 164 valence electrons. The van der Waals surface area contributed by atoms with Crippen LogP contribution in [0.4, 0.5) is 0 Å². The number of amides is 2. The SMILES string of the molecule is CC(C)(CC(C)(C)C(N)C(=O)O)C(=O)NCC(=O)NC(C(C)(C)N)C(C)(C)N. The van der Waals surface area contributed by atoms with E-state index in [0.717, 1.165) is 0 Å². The van der Waals surface area contributed by atoms with Gasteiger partial charge in [0.05, 0.1) is 12.6 Å². The molecule has 0 spiro atoms. The van der Waals surface area contributed by atoms with Gasteiger partial charge in [-0.2, -0.15) is 0 Å². The Balaban J connectivity index is 4.99. The minimum atomic E-state index is -1.12. The summed E-state index contributed by atoms with van der Waals surface area (Å²) in [6.07, 6.45) is 0.231. The summed E-state index contributed by atoms with van der Waals surface area (Å²) in [6.45, 7) is 13.6. The zero-order valence-electron chi connectivity index (χ0n) is 18.5. The molecule has 0 aromatic heterocycles. The highest BCUT2D eigenvalue weighted by atomic mass is 16.4. The number of hydrogen-bond acceptors (Lipinski definition) is 6. The Labute approximate surface area is 168 Å². The predicted octanol–water partition coefficient (Wildman–Crippen LogP) is -0.0836. The van der Waals surface area contributed by atoms with Crippen molar-refractivity contribution in [1.82, 2.24) is 10.6 Å². The van der Waals surface area contributed by atoms with Crippen molar-refractivity contribution in [3.8, 4) is 0 Å². The van der Waals surface area contributed by atoms with Gasteiger partial charge in [-0.1, -0.05) is 27.7 Å². The summed E-state index contributed by atoms with van der Waals surface area (Å²) in [5, 5.41) is 14.5. The van der Waals surface area contributed by atoms with Crippen LogP contribution < -0.4 is 27.8 Å². The zero-order chi connectivity index (χ0) is 22.7. The van der Waals surface area contributed by atoms with E-state index < -0.39 is 45.9 Å². The first kappa shape index (κ1) is 26.3. The van der Waals surface area contributed by atoms with Gasteiger partial charge in [0.2, 0.25) is 11.8 Å². The Hall–Kier alpha value is -1.71. The van der Waals surface area contributed by atoms with Crippen molar-refractivity contribution < 1.29 is 19.5 Å². The predicted molar refractivity (Wildman–Crippen MR) is 109 cm³/mol. The van der Waals surface area contributed by atoms with Gasteiger partial charge in [-0.25, -0.2) is 0 Å². The maximum Gasteiger partial charge on any atom is 0.321 e. The van der Waals surface area contributed by atoms with E-state index in [1.807, 2.05) is 0 Å². The molecule has 0 saturated carbocycles. The number of carbonyl (C=O) groups excluding carboxylic acids is 2. The molecule has 0 fully saturated rings. The molecule has 0 aromatic rings. The van der Waals surface area contributed by atoms with E-state index in [2.05, 4.69) is 10.6 Å². The second kappa shape index (κ2) is 8.75. The van der Waals surface area contributed by atoms with Crippen molar-refractivity contribution in [3.63, 3.8) is 0 Å². The van der Waals surface area contributed by atoms with Crippen molar-refractivity contribution in [1.29, 1.82) is 0 Å². The lowest BCUT2D eigenvalue weighted by atomic mass is 9.71. The summed E-state index contributed by atoms with van der Waals surface area (Å²) in [5.74, 6) is -1.91. The Morgan fingerprint density at radius 3 is 1.71 bits per heavy atom. The number of carboxylic acid groups (broad SMARTS) is 1. The maximum absolute atomic E-state index is 12.6. The number of rotatable bonds is 10. The van der Waals surface area contributed by atoms with E-state index in [-0.39, 0.29) is 18.9 Å². The van der Waals surface area contributed by atoms with Gasteiger partial charge in [-0.3, -0.25) is 14.4 Å². The van der Waals surface area contributed by atoms with Crippen LogP contribution in [0.15, 0.2) is 0 Å². The van der Waals surface area contributed by atoms with Crippen molar-refractivity contribution in [2.45, 2.75) is 85.0 Å². The fourth-order valence-corrected chi connectivity index (χ4v) is 3.61. The average molecular weight is 402 g/mol. The Kier molecular flexibility index (Phi) is 8.22. The van der Waals surface area contributed by atoms with Crippen molar-refractivity contribution in [3.05, 3.63) is 0 Å². The molecule has 0 rings (SSSR count). The highest BCUT2D eigenvalue weighted by Crippen LogP contribution is 2.35. The quantitative estimate of drug-likeness (QED) is 0.297. The van der Waals surface area contributed by atoms with Gasteiger partial charge >= 0.3 is 5.97 Å². The third-order valence-electron chi connectivity index (χ3n) is 4.82. The smallest absolute Gasteiger partial charge is 0.321 e. The third-order valence-corrected chi connectivity index (χ3v) is 4.82. The standard InChI is InChI=1S/C19H39N5O4/c1-16(2,12(20)13(26)27)10-17(3,4)15(28)23-9-11(25)24-14(18(5,6)21)19(7,8)22/h12,14H,9-10,20-22H2,1-8H3,(H,23,28)(H,24,25)(H,26,27). The highest BCUT2D eigenvalue weighted by molar-refractivity contribution is 5.87. The lowest BCUT2D eigenvalue weighted by Crippen LogP contribution is -2.67. The number of nitrogens with two attached hydrogens (primary N) is 3. The number of carbonyl (C=O) groups is 3. The van der Waals surface area contributed by atoms with Crippen LogP contribution >= 0.6 is 0 Å². The van der Waals surface area contributed by atoms with Gasteiger partial charge in [-0.05, 0) is 39.5 Å². The van der Waals surface area contributed by atoms with Gasteiger partial charge in [-0.15, -0.1) is 0 Å². The Bertz CT molecular complexity index is 574. The topological polar surface area (TPSA) is 174 Å². The molecular formula is C19H39N5O4. The van der Waals surface area contributed by atoms with Gasteiger partial charge in [0.15, 0.2) is 0 Å². The first-order valence-corrected chi connectivity index (χ1v) is 9.35. The molecule has 1 unspecified atom stereocenters. The molecule has 0 heterocycles. The van der Waals surface area contributed by atoms with Crippen LogP contribution in [0.5, 0.6) is 0 Å². The summed E-state index contributed by atoms with van der Waals surface area (Å²) in [6, 6.07) is -1.62. The second-order valence-electron chi connectivity index (χ2n) is 10.2. The van der Waals surface area contributed by atoms with Crippen LogP contribution in [-0.2, 0) is 14.4 Å². The van der Waals surface area contributed by atoms with E-state index >= 15 is 0 Å². The molecule has 0 aliphatic heterocycles. The lowest BCUT2D eigenvalue weighted by Gasteiger charge is -2.40. The van der Waals surface area contributed by atoms with E-state index in [9.17, 15) is 14.4 Å². The van der Waals surface area contributed by atoms with Crippen LogP contribution in [0.2, 0.25) is 0 Å². The van der Waals surface area contributed by atoms with E-state index in [1.165, 1.54) is 0 Å². The molecular weight excluding hydrogens is 362 g/mol. The maximum atomic E-state index is 12.6. The Morgan fingerprint density at radius 2 is 1.36 bits per heavy atom. The molecule has 0 saturated heterocycles. The van der Waals surface area contributed by atoms with Crippen LogP contribution in [0.25, 0.3) is 0 Å². The summed E-state index contributed by atoms with van der Waals surface area (Å²) in [7, 11) is 0. The van der Waals surface area contributed by atoms with Crippen molar-refractivity contribution in [2.75, 3.05) is 6.54 Å². The number of nitrogens with one attached hydrogen (secondary N) is 2. The molecule has 9 heteroatoms. The summed E-state index contributed by atoms with van der Waals surface area (Å²) in [5.41, 5.74) is 14.7. The minimum Gasteiger partial charge on any atom is -0.480 e. The van der Waals surface area contributed by atoms with E-state index in [4.69, 9.17) is 22.3 Å². The normalized spacial score (nSPS) is 14.6. The fraction of sp³-hybridized carbons (Fsp3) is 0.842. The van der Waals surface area contributed by atoms with Gasteiger partial charge < -0.3 is 32.9 Å². The average Bonchev–Trinajstić information content (AvgIpc) is 2.45. The first-order valence-electron chi connectivity index (χ1n) is 9.35. The number of carboxylic acids is 1. The molecule has 9 N–H and O–H groups in total. The fourth-order valence-electron chi connectivity index (χ4n) is 3.61. The number of aliphatic carboxylic acids is 1. The largest absolute Gasteiger partial charge is 0.480 e. The van der Waals surface area contributed by atoms with Crippen LogP contribution in [0.1, 0.15) is 61.8 Å². The monoisotopic (exact) mass is 401 g/mol.